The zero-order valence-corrected chi connectivity index (χ0v) is 10.9. The number of anilines is 2. The summed E-state index contributed by atoms with van der Waals surface area (Å²) in [5, 5.41) is 5.67. The van der Waals surface area contributed by atoms with E-state index in [2.05, 4.69) is 27.5 Å². The lowest BCUT2D eigenvalue weighted by Crippen LogP contribution is -2.15. The van der Waals surface area contributed by atoms with Gasteiger partial charge in [-0.3, -0.25) is 0 Å². The van der Waals surface area contributed by atoms with E-state index in [0.717, 1.165) is 19.3 Å². The van der Waals surface area contributed by atoms with Crippen molar-refractivity contribution in [1.29, 1.82) is 0 Å². The summed E-state index contributed by atoms with van der Waals surface area (Å²) in [7, 11) is 1.53. The molecule has 0 spiro atoms. The van der Waals surface area contributed by atoms with Gasteiger partial charge >= 0.3 is 6.18 Å². The van der Waals surface area contributed by atoms with E-state index >= 15 is 0 Å². The van der Waals surface area contributed by atoms with Crippen LogP contribution in [0.1, 0.15) is 32.0 Å². The molecule has 1 aromatic rings. The summed E-state index contributed by atoms with van der Waals surface area (Å²) >= 11 is 0. The molecule has 2 unspecified atom stereocenters. The molecule has 0 bridgehead atoms. The zero-order valence-electron chi connectivity index (χ0n) is 10.9. The molecule has 7 heteroatoms. The standard InChI is InChI=1S/C12H17F3N4/c1-3-4-7-5-8(7)17-10-6-9(16-2)18-11(19-10)12(13,14)15/h6-8H,3-5H2,1-2H3,(H2,16,17,18,19). The number of alkyl halides is 3. The molecular formula is C12H17F3N4. The molecule has 1 aliphatic rings. The summed E-state index contributed by atoms with van der Waals surface area (Å²) in [5.41, 5.74) is 0. The number of halogens is 3. The highest BCUT2D eigenvalue weighted by atomic mass is 19.4. The first-order chi connectivity index (χ1) is 8.94. The summed E-state index contributed by atoms with van der Waals surface area (Å²) in [6.07, 6.45) is -1.36. The van der Waals surface area contributed by atoms with Crippen molar-refractivity contribution >= 4 is 11.6 Å². The van der Waals surface area contributed by atoms with E-state index in [9.17, 15) is 13.2 Å². The first-order valence-corrected chi connectivity index (χ1v) is 6.34. The largest absolute Gasteiger partial charge is 0.451 e. The number of nitrogens with one attached hydrogen (secondary N) is 2. The first-order valence-electron chi connectivity index (χ1n) is 6.34. The predicted molar refractivity (Wildman–Crippen MR) is 67.0 cm³/mol. The minimum absolute atomic E-state index is 0.164. The van der Waals surface area contributed by atoms with Crippen molar-refractivity contribution in [1.82, 2.24) is 9.97 Å². The van der Waals surface area contributed by atoms with Gasteiger partial charge in [0, 0.05) is 19.2 Å². The van der Waals surface area contributed by atoms with Gasteiger partial charge in [-0.1, -0.05) is 13.3 Å². The Morgan fingerprint density at radius 1 is 1.32 bits per heavy atom. The summed E-state index contributed by atoms with van der Waals surface area (Å²) in [5.74, 6) is -0.172. The maximum absolute atomic E-state index is 12.7. The Labute approximate surface area is 109 Å². The summed E-state index contributed by atoms with van der Waals surface area (Å²) < 4.78 is 38.0. The molecule has 0 radical (unpaired) electrons. The van der Waals surface area contributed by atoms with Gasteiger partial charge in [-0.05, 0) is 18.8 Å². The summed E-state index contributed by atoms with van der Waals surface area (Å²) in [6, 6.07) is 1.73. The third-order valence-electron chi connectivity index (χ3n) is 3.15. The van der Waals surface area contributed by atoms with Crippen molar-refractivity contribution < 1.29 is 13.2 Å². The lowest BCUT2D eigenvalue weighted by Gasteiger charge is -2.11. The molecule has 1 fully saturated rings. The number of hydrogen-bond donors (Lipinski definition) is 2. The Kier molecular flexibility index (Phi) is 3.82. The fourth-order valence-electron chi connectivity index (χ4n) is 2.08. The van der Waals surface area contributed by atoms with Crippen LogP contribution in [0.5, 0.6) is 0 Å². The molecule has 2 atom stereocenters. The van der Waals surface area contributed by atoms with Crippen LogP contribution in [0.2, 0.25) is 0 Å². The molecule has 1 saturated carbocycles. The summed E-state index contributed by atoms with van der Waals surface area (Å²) in [6.45, 7) is 2.10. The Bertz CT molecular complexity index is 447. The van der Waals surface area contributed by atoms with E-state index in [4.69, 9.17) is 0 Å². The minimum Gasteiger partial charge on any atom is -0.373 e. The van der Waals surface area contributed by atoms with Gasteiger partial charge in [0.15, 0.2) is 0 Å². The van der Waals surface area contributed by atoms with Gasteiger partial charge in [-0.25, -0.2) is 9.97 Å². The average molecular weight is 274 g/mol. The highest BCUT2D eigenvalue weighted by Gasteiger charge is 2.38. The monoisotopic (exact) mass is 274 g/mol. The fraction of sp³-hybridized carbons (Fsp3) is 0.667. The lowest BCUT2D eigenvalue weighted by atomic mass is 10.2. The van der Waals surface area contributed by atoms with E-state index in [1.807, 2.05) is 0 Å². The first kappa shape index (κ1) is 13.9. The third-order valence-corrected chi connectivity index (χ3v) is 3.15. The van der Waals surface area contributed by atoms with E-state index in [1.54, 1.807) is 0 Å². The normalized spacial score (nSPS) is 22.2. The van der Waals surface area contributed by atoms with E-state index in [-0.39, 0.29) is 17.7 Å². The molecule has 1 aliphatic carbocycles. The third kappa shape index (κ3) is 3.48. The molecular weight excluding hydrogens is 257 g/mol. The maximum atomic E-state index is 12.7. The second-order valence-electron chi connectivity index (χ2n) is 4.75. The highest BCUT2D eigenvalue weighted by Crippen LogP contribution is 2.37. The molecule has 0 saturated heterocycles. The molecule has 2 rings (SSSR count). The molecule has 0 amide bonds. The van der Waals surface area contributed by atoms with Crippen LogP contribution in [0.15, 0.2) is 6.07 Å². The van der Waals surface area contributed by atoms with E-state index in [0.29, 0.717) is 5.92 Å². The number of nitrogens with zero attached hydrogens (tertiary/aromatic N) is 2. The highest BCUT2D eigenvalue weighted by molar-refractivity contribution is 5.48. The van der Waals surface area contributed by atoms with Crippen molar-refractivity contribution in [2.45, 2.75) is 38.4 Å². The molecule has 0 aromatic carbocycles. The Hall–Kier alpha value is -1.53. The van der Waals surface area contributed by atoms with Crippen LogP contribution in [-0.4, -0.2) is 23.1 Å². The molecule has 106 valence electrons. The molecule has 19 heavy (non-hydrogen) atoms. The van der Waals surface area contributed by atoms with Gasteiger partial charge in [0.2, 0.25) is 5.82 Å². The fourth-order valence-corrected chi connectivity index (χ4v) is 2.08. The quantitative estimate of drug-likeness (QED) is 0.866. The molecule has 2 N–H and O–H groups in total. The SMILES string of the molecule is CCCC1CC1Nc1cc(NC)nc(C(F)(F)F)n1. The second-order valence-corrected chi connectivity index (χ2v) is 4.75. The predicted octanol–water partition coefficient (Wildman–Crippen LogP) is 3.14. The maximum Gasteiger partial charge on any atom is 0.451 e. The van der Waals surface area contributed by atoms with Crippen LogP contribution in [0, 0.1) is 5.92 Å². The van der Waals surface area contributed by atoms with Gasteiger partial charge in [-0.2, -0.15) is 13.2 Å². The summed E-state index contributed by atoms with van der Waals surface area (Å²) in [4.78, 5) is 6.96. The zero-order chi connectivity index (χ0) is 14.0. The van der Waals surface area contributed by atoms with Crippen LogP contribution < -0.4 is 10.6 Å². The number of rotatable bonds is 5. The average Bonchev–Trinajstić information content (AvgIpc) is 3.06. The van der Waals surface area contributed by atoms with Gasteiger partial charge in [-0.15, -0.1) is 0 Å². The number of aromatic nitrogens is 2. The Balaban J connectivity index is 2.12. The number of hydrogen-bond acceptors (Lipinski definition) is 4. The van der Waals surface area contributed by atoms with Gasteiger partial charge in [0.1, 0.15) is 11.6 Å². The molecule has 1 heterocycles. The van der Waals surface area contributed by atoms with Gasteiger partial charge in [0.05, 0.1) is 0 Å². The molecule has 1 aromatic heterocycles. The molecule has 0 aliphatic heterocycles. The lowest BCUT2D eigenvalue weighted by molar-refractivity contribution is -0.144. The van der Waals surface area contributed by atoms with E-state index in [1.165, 1.54) is 13.1 Å². The van der Waals surface area contributed by atoms with Gasteiger partial charge in [0.25, 0.3) is 0 Å². The molecule has 4 nitrogen and oxygen atoms in total. The van der Waals surface area contributed by atoms with Crippen molar-refractivity contribution in [2.24, 2.45) is 5.92 Å². The Morgan fingerprint density at radius 3 is 2.58 bits per heavy atom. The van der Waals surface area contributed by atoms with Crippen LogP contribution in [0.3, 0.4) is 0 Å². The van der Waals surface area contributed by atoms with Crippen LogP contribution in [0.25, 0.3) is 0 Å². The van der Waals surface area contributed by atoms with Crippen molar-refractivity contribution in [3.63, 3.8) is 0 Å². The Morgan fingerprint density at radius 2 is 2.00 bits per heavy atom. The van der Waals surface area contributed by atoms with Crippen molar-refractivity contribution in [2.75, 3.05) is 17.7 Å². The van der Waals surface area contributed by atoms with Crippen LogP contribution >= 0.6 is 0 Å². The van der Waals surface area contributed by atoms with Crippen molar-refractivity contribution in [3.05, 3.63) is 11.9 Å². The smallest absolute Gasteiger partial charge is 0.373 e. The van der Waals surface area contributed by atoms with Crippen LogP contribution in [0.4, 0.5) is 24.8 Å². The second kappa shape index (κ2) is 5.22. The topological polar surface area (TPSA) is 49.8 Å². The van der Waals surface area contributed by atoms with E-state index < -0.39 is 12.0 Å². The van der Waals surface area contributed by atoms with Gasteiger partial charge < -0.3 is 10.6 Å². The van der Waals surface area contributed by atoms with Crippen molar-refractivity contribution in [3.8, 4) is 0 Å². The van der Waals surface area contributed by atoms with Crippen LogP contribution in [-0.2, 0) is 6.18 Å². The minimum atomic E-state index is -4.53.